The number of fused-ring (bicyclic) bond motifs is 2. The molecule has 1 aliphatic rings. The average Bonchev–Trinajstić information content (AvgIpc) is 2.84. The molecule has 4 aromatic rings. The van der Waals surface area contributed by atoms with Gasteiger partial charge in [0.1, 0.15) is 17.2 Å². The van der Waals surface area contributed by atoms with Gasteiger partial charge in [-0.1, -0.05) is 18.2 Å². The number of anilines is 2. The second-order valence-corrected chi connectivity index (χ2v) is 8.49. The normalized spacial score (nSPS) is 14.4. The molecule has 34 heavy (non-hydrogen) atoms. The van der Waals surface area contributed by atoms with Crippen molar-refractivity contribution in [3.05, 3.63) is 76.5 Å². The van der Waals surface area contributed by atoms with Gasteiger partial charge in [-0.25, -0.2) is 14.2 Å². The molecular weight excluding hydrogens is 455 g/mol. The average molecular weight is 483 g/mol. The maximum atomic E-state index is 13.8. The lowest BCUT2D eigenvalue weighted by Crippen LogP contribution is -2.47. The van der Waals surface area contributed by atoms with E-state index >= 15 is 0 Å². The van der Waals surface area contributed by atoms with Gasteiger partial charge in [-0.2, -0.15) is 0 Å². The van der Waals surface area contributed by atoms with Gasteiger partial charge in [0.2, 0.25) is 0 Å². The summed E-state index contributed by atoms with van der Waals surface area (Å²) >= 11 is 0. The number of halogens is 2. The van der Waals surface area contributed by atoms with E-state index in [0.717, 1.165) is 73.4 Å². The molecule has 1 aliphatic heterocycles. The first kappa shape index (κ1) is 24.0. The quantitative estimate of drug-likeness (QED) is 0.313. The van der Waals surface area contributed by atoms with E-state index in [1.54, 1.807) is 25.3 Å². The van der Waals surface area contributed by atoms with Crippen LogP contribution in [0.3, 0.4) is 0 Å². The molecule has 0 amide bonds. The number of hydrogen-bond donors (Lipinski definition) is 1. The Labute approximate surface area is 203 Å². The van der Waals surface area contributed by atoms with Crippen molar-refractivity contribution in [2.24, 2.45) is 0 Å². The topological polar surface area (TPSA) is 61.6 Å². The molecular formula is C26H28ClFN4O2. The van der Waals surface area contributed by atoms with Crippen LogP contribution in [0, 0.1) is 12.7 Å². The summed E-state index contributed by atoms with van der Waals surface area (Å²) < 4.78 is 19.2. The maximum Gasteiger partial charge on any atom is 0.341 e. The van der Waals surface area contributed by atoms with Crippen LogP contribution in [0.15, 0.2) is 63.9 Å². The van der Waals surface area contributed by atoms with Gasteiger partial charge in [-0.15, -0.1) is 12.4 Å². The zero-order valence-corrected chi connectivity index (χ0v) is 19.9. The first-order valence-electron chi connectivity index (χ1n) is 11.4. The summed E-state index contributed by atoms with van der Waals surface area (Å²) in [5, 5.41) is 6.26. The molecule has 6 nitrogen and oxygen atoms in total. The molecule has 2 aromatic carbocycles. The SMILES string of the molecule is Cc1c(NCCCN2CCN(c3nccc4ccc(F)cc34)CC2)c2ccccc2oc1=O.Cl. The predicted molar refractivity (Wildman–Crippen MR) is 138 cm³/mol. The van der Waals surface area contributed by atoms with E-state index in [9.17, 15) is 9.18 Å². The summed E-state index contributed by atoms with van der Waals surface area (Å²) in [5.41, 5.74) is 1.78. The van der Waals surface area contributed by atoms with Crippen LogP contribution in [0.2, 0.25) is 0 Å². The Balaban J connectivity index is 0.00000274. The monoisotopic (exact) mass is 482 g/mol. The van der Waals surface area contributed by atoms with E-state index < -0.39 is 0 Å². The third kappa shape index (κ3) is 4.86. The minimum atomic E-state index is -0.297. The summed E-state index contributed by atoms with van der Waals surface area (Å²) in [4.78, 5) is 21.4. The molecule has 0 spiro atoms. The van der Waals surface area contributed by atoms with Crippen LogP contribution in [-0.2, 0) is 0 Å². The molecule has 0 saturated carbocycles. The molecule has 8 heteroatoms. The number of para-hydroxylation sites is 1. The molecule has 3 heterocycles. The van der Waals surface area contributed by atoms with Crippen molar-refractivity contribution in [3.63, 3.8) is 0 Å². The Bertz CT molecular complexity index is 1350. The van der Waals surface area contributed by atoms with Gasteiger partial charge in [0.15, 0.2) is 0 Å². The minimum Gasteiger partial charge on any atom is -0.422 e. The van der Waals surface area contributed by atoms with Gasteiger partial charge < -0.3 is 14.6 Å². The van der Waals surface area contributed by atoms with Gasteiger partial charge in [-0.3, -0.25) is 4.90 Å². The highest BCUT2D eigenvalue weighted by atomic mass is 35.5. The highest BCUT2D eigenvalue weighted by molar-refractivity contribution is 5.92. The van der Waals surface area contributed by atoms with E-state index in [4.69, 9.17) is 4.42 Å². The Kier molecular flexibility index (Phi) is 7.34. The van der Waals surface area contributed by atoms with Crippen molar-refractivity contribution < 1.29 is 8.81 Å². The lowest BCUT2D eigenvalue weighted by atomic mass is 10.1. The molecule has 178 valence electrons. The molecule has 0 bridgehead atoms. The Morgan fingerprint density at radius 2 is 1.85 bits per heavy atom. The molecule has 5 rings (SSSR count). The Morgan fingerprint density at radius 3 is 2.68 bits per heavy atom. The number of piperazine rings is 1. The molecule has 1 saturated heterocycles. The third-order valence-electron chi connectivity index (χ3n) is 6.37. The van der Waals surface area contributed by atoms with Crippen LogP contribution < -0.4 is 15.8 Å². The molecule has 1 N–H and O–H groups in total. The summed E-state index contributed by atoms with van der Waals surface area (Å²) in [6.07, 6.45) is 2.76. The van der Waals surface area contributed by atoms with E-state index in [-0.39, 0.29) is 23.8 Å². The summed E-state index contributed by atoms with van der Waals surface area (Å²) in [5.74, 6) is 0.626. The van der Waals surface area contributed by atoms with Crippen molar-refractivity contribution in [2.45, 2.75) is 13.3 Å². The molecule has 0 aliphatic carbocycles. The highest BCUT2D eigenvalue weighted by Gasteiger charge is 2.19. The van der Waals surface area contributed by atoms with E-state index in [0.29, 0.717) is 11.1 Å². The smallest absolute Gasteiger partial charge is 0.341 e. The van der Waals surface area contributed by atoms with Gasteiger partial charge in [0.25, 0.3) is 0 Å². The molecule has 0 unspecified atom stereocenters. The Morgan fingerprint density at radius 1 is 1.06 bits per heavy atom. The zero-order valence-electron chi connectivity index (χ0n) is 19.1. The number of benzene rings is 2. The lowest BCUT2D eigenvalue weighted by molar-refractivity contribution is 0.257. The number of nitrogens with zero attached hydrogens (tertiary/aromatic N) is 3. The fourth-order valence-electron chi connectivity index (χ4n) is 4.55. The van der Waals surface area contributed by atoms with Crippen molar-refractivity contribution in [1.29, 1.82) is 0 Å². The van der Waals surface area contributed by atoms with Gasteiger partial charge in [0.05, 0.1) is 11.3 Å². The van der Waals surface area contributed by atoms with E-state index in [2.05, 4.69) is 20.1 Å². The number of pyridine rings is 1. The maximum absolute atomic E-state index is 13.8. The van der Waals surface area contributed by atoms with Crippen LogP contribution in [0.1, 0.15) is 12.0 Å². The Hall–Kier alpha value is -3.16. The fraction of sp³-hybridized carbons (Fsp3) is 0.308. The standard InChI is InChI=1S/C26H27FN4O2.ClH/c1-18-24(21-5-2-3-6-23(21)33-26(18)32)28-10-4-12-30-13-15-31(16-14-30)25-22-17-20(27)8-7-19(22)9-11-29-25;/h2-3,5-9,11,17,28H,4,10,12-16H2,1H3;1H. The third-order valence-corrected chi connectivity index (χ3v) is 6.37. The van der Waals surface area contributed by atoms with Crippen molar-refractivity contribution in [1.82, 2.24) is 9.88 Å². The van der Waals surface area contributed by atoms with Crippen LogP contribution in [0.4, 0.5) is 15.9 Å². The number of aromatic nitrogens is 1. The second kappa shape index (κ2) is 10.4. The number of hydrogen-bond acceptors (Lipinski definition) is 6. The van der Waals surface area contributed by atoms with Crippen LogP contribution in [0.5, 0.6) is 0 Å². The molecule has 0 radical (unpaired) electrons. The highest BCUT2D eigenvalue weighted by Crippen LogP contribution is 2.27. The molecule has 1 fully saturated rings. The first-order chi connectivity index (χ1) is 16.1. The number of nitrogens with one attached hydrogen (secondary N) is 1. The first-order valence-corrected chi connectivity index (χ1v) is 11.4. The van der Waals surface area contributed by atoms with Crippen molar-refractivity contribution in [3.8, 4) is 0 Å². The largest absolute Gasteiger partial charge is 0.422 e. The summed E-state index contributed by atoms with van der Waals surface area (Å²) in [7, 11) is 0. The van der Waals surface area contributed by atoms with Crippen LogP contribution in [-0.4, -0.2) is 49.2 Å². The zero-order chi connectivity index (χ0) is 22.8. The van der Waals surface area contributed by atoms with Gasteiger partial charge in [-0.05, 0) is 55.6 Å². The predicted octanol–water partition coefficient (Wildman–Crippen LogP) is 4.83. The molecule has 0 atom stereocenters. The minimum absolute atomic E-state index is 0. The van der Waals surface area contributed by atoms with Crippen molar-refractivity contribution >= 4 is 45.7 Å². The fourth-order valence-corrected chi connectivity index (χ4v) is 4.55. The van der Waals surface area contributed by atoms with Crippen molar-refractivity contribution in [2.75, 3.05) is 49.5 Å². The van der Waals surface area contributed by atoms with E-state index in [1.807, 2.05) is 30.3 Å². The van der Waals surface area contributed by atoms with Crippen LogP contribution >= 0.6 is 12.4 Å². The molecule has 2 aromatic heterocycles. The lowest BCUT2D eigenvalue weighted by Gasteiger charge is -2.36. The van der Waals surface area contributed by atoms with E-state index in [1.165, 1.54) is 6.07 Å². The second-order valence-electron chi connectivity index (χ2n) is 8.49. The van der Waals surface area contributed by atoms with Gasteiger partial charge in [0, 0.05) is 49.7 Å². The van der Waals surface area contributed by atoms with Gasteiger partial charge >= 0.3 is 5.63 Å². The summed E-state index contributed by atoms with van der Waals surface area (Å²) in [6, 6.07) is 14.4. The number of rotatable bonds is 6. The van der Waals surface area contributed by atoms with Crippen LogP contribution in [0.25, 0.3) is 21.7 Å². The summed E-state index contributed by atoms with van der Waals surface area (Å²) in [6.45, 7) is 7.14.